The molecule has 2 aromatic carbocycles. The Bertz CT molecular complexity index is 859. The number of alkyl halides is 3. The highest BCUT2D eigenvalue weighted by molar-refractivity contribution is 5.73. The molecule has 0 aromatic heterocycles. The number of ether oxygens (including phenoxy) is 1. The summed E-state index contributed by atoms with van der Waals surface area (Å²) >= 11 is 0. The minimum absolute atomic E-state index is 0.0154. The van der Waals surface area contributed by atoms with Crippen LogP contribution in [0.5, 0.6) is 5.75 Å². The van der Waals surface area contributed by atoms with Gasteiger partial charge >= 0.3 is 6.18 Å². The molecule has 1 heterocycles. The van der Waals surface area contributed by atoms with Crippen LogP contribution >= 0.6 is 0 Å². The minimum atomic E-state index is -4.82. The van der Waals surface area contributed by atoms with E-state index in [-0.39, 0.29) is 19.1 Å². The van der Waals surface area contributed by atoms with Gasteiger partial charge in [-0.25, -0.2) is 0 Å². The third-order valence-electron chi connectivity index (χ3n) is 5.00. The SMILES string of the molecule is NC[C@@H]1CCCN(c2c([N+](=O)[O-])ccc(OCc3ccccc3)c2C(F)(F)F)C1. The molecular weight excluding hydrogens is 387 g/mol. The van der Waals surface area contributed by atoms with Gasteiger partial charge in [-0.05, 0) is 36.9 Å². The fraction of sp³-hybridized carbons (Fsp3) is 0.400. The molecule has 6 nitrogen and oxygen atoms in total. The molecule has 29 heavy (non-hydrogen) atoms. The maximum atomic E-state index is 14.1. The first-order chi connectivity index (χ1) is 13.8. The van der Waals surface area contributed by atoms with Gasteiger partial charge in [0.05, 0.1) is 4.92 Å². The van der Waals surface area contributed by atoms with Crippen LogP contribution < -0.4 is 15.4 Å². The molecule has 0 unspecified atom stereocenters. The van der Waals surface area contributed by atoms with Gasteiger partial charge in [-0.15, -0.1) is 0 Å². The van der Waals surface area contributed by atoms with E-state index in [1.807, 2.05) is 0 Å². The zero-order valence-corrected chi connectivity index (χ0v) is 15.7. The second-order valence-corrected chi connectivity index (χ2v) is 7.03. The zero-order chi connectivity index (χ0) is 21.0. The largest absolute Gasteiger partial charge is 0.488 e. The van der Waals surface area contributed by atoms with E-state index in [4.69, 9.17) is 10.5 Å². The normalized spacial score (nSPS) is 17.2. The molecule has 0 amide bonds. The standard InChI is InChI=1S/C20H22F3N3O3/c21-20(22,23)18-17(29-13-14-5-2-1-3-6-14)9-8-16(26(27)28)19(18)25-10-4-7-15(11-24)12-25/h1-3,5-6,8-9,15H,4,7,10-13,24H2/t15-/m0/s1. The van der Waals surface area contributed by atoms with Crippen LogP contribution in [0.1, 0.15) is 24.0 Å². The first-order valence-electron chi connectivity index (χ1n) is 9.31. The van der Waals surface area contributed by atoms with E-state index in [0.717, 1.165) is 18.6 Å². The number of nitrogens with zero attached hydrogens (tertiary/aromatic N) is 2. The Morgan fingerprint density at radius 2 is 1.93 bits per heavy atom. The van der Waals surface area contributed by atoms with Crippen LogP contribution in [0, 0.1) is 16.0 Å². The topological polar surface area (TPSA) is 81.6 Å². The second kappa shape index (κ2) is 8.69. The van der Waals surface area contributed by atoms with Crippen molar-refractivity contribution in [2.75, 3.05) is 24.5 Å². The lowest BCUT2D eigenvalue weighted by atomic mass is 9.96. The van der Waals surface area contributed by atoms with E-state index < -0.39 is 33.8 Å². The lowest BCUT2D eigenvalue weighted by molar-refractivity contribution is -0.384. The van der Waals surface area contributed by atoms with Crippen molar-refractivity contribution in [2.45, 2.75) is 25.6 Å². The number of nitro benzene ring substituents is 1. The molecule has 0 spiro atoms. The number of rotatable bonds is 6. The molecule has 9 heteroatoms. The van der Waals surface area contributed by atoms with Crippen LogP contribution in [0.4, 0.5) is 24.5 Å². The first-order valence-corrected chi connectivity index (χ1v) is 9.31. The van der Waals surface area contributed by atoms with Crippen molar-refractivity contribution in [3.8, 4) is 5.75 Å². The summed E-state index contributed by atoms with van der Waals surface area (Å²) in [6.07, 6.45) is -3.42. The lowest BCUT2D eigenvalue weighted by Crippen LogP contribution is -2.39. The highest BCUT2D eigenvalue weighted by Gasteiger charge is 2.43. The van der Waals surface area contributed by atoms with Gasteiger partial charge in [0.15, 0.2) is 0 Å². The van der Waals surface area contributed by atoms with Crippen molar-refractivity contribution >= 4 is 11.4 Å². The van der Waals surface area contributed by atoms with Crippen LogP contribution in [0.3, 0.4) is 0 Å². The molecule has 0 radical (unpaired) electrons. The van der Waals surface area contributed by atoms with Crippen molar-refractivity contribution in [3.05, 3.63) is 63.7 Å². The molecule has 1 atom stereocenters. The smallest absolute Gasteiger partial charge is 0.422 e. The number of nitrogens with two attached hydrogens (primary N) is 1. The maximum absolute atomic E-state index is 14.1. The summed E-state index contributed by atoms with van der Waals surface area (Å²) < 4.78 is 47.6. The minimum Gasteiger partial charge on any atom is -0.488 e. The van der Waals surface area contributed by atoms with Crippen LogP contribution in [-0.4, -0.2) is 24.6 Å². The van der Waals surface area contributed by atoms with Gasteiger partial charge in [0, 0.05) is 19.2 Å². The first kappa shape index (κ1) is 20.9. The summed E-state index contributed by atoms with van der Waals surface area (Å²) in [7, 11) is 0. The Balaban J connectivity index is 2.06. The van der Waals surface area contributed by atoms with E-state index in [9.17, 15) is 23.3 Å². The molecule has 1 aliphatic heterocycles. The molecule has 156 valence electrons. The summed E-state index contributed by atoms with van der Waals surface area (Å²) in [5.41, 5.74) is 4.26. The quantitative estimate of drug-likeness (QED) is 0.566. The predicted octanol–water partition coefficient (Wildman–Crippen LogP) is 4.37. The molecule has 1 aliphatic rings. The van der Waals surface area contributed by atoms with Crippen LogP contribution in [-0.2, 0) is 12.8 Å². The summed E-state index contributed by atoms with van der Waals surface area (Å²) in [6, 6.07) is 10.9. The number of anilines is 1. The van der Waals surface area contributed by atoms with E-state index in [2.05, 4.69) is 0 Å². The number of halogens is 3. The number of hydrogen-bond acceptors (Lipinski definition) is 5. The van der Waals surface area contributed by atoms with Gasteiger partial charge in [-0.1, -0.05) is 30.3 Å². The van der Waals surface area contributed by atoms with E-state index in [1.54, 1.807) is 30.3 Å². The van der Waals surface area contributed by atoms with Gasteiger partial charge in [0.1, 0.15) is 23.6 Å². The molecule has 0 aliphatic carbocycles. The van der Waals surface area contributed by atoms with Crippen molar-refractivity contribution in [1.29, 1.82) is 0 Å². The maximum Gasteiger partial charge on any atom is 0.422 e. The van der Waals surface area contributed by atoms with Gasteiger partial charge in [-0.2, -0.15) is 13.2 Å². The number of hydrogen-bond donors (Lipinski definition) is 1. The molecule has 3 rings (SSSR count). The predicted molar refractivity (Wildman–Crippen MR) is 103 cm³/mol. The fourth-order valence-corrected chi connectivity index (χ4v) is 3.62. The Hall–Kier alpha value is -2.81. The number of nitro groups is 1. The summed E-state index contributed by atoms with van der Waals surface area (Å²) in [5.74, 6) is -0.435. The Labute approximate surface area is 166 Å². The Morgan fingerprint density at radius 1 is 1.21 bits per heavy atom. The molecule has 0 bridgehead atoms. The third kappa shape index (κ3) is 4.79. The summed E-state index contributed by atoms with van der Waals surface area (Å²) in [6.45, 7) is 0.771. The number of piperidine rings is 1. The van der Waals surface area contributed by atoms with Crippen molar-refractivity contribution in [2.24, 2.45) is 11.7 Å². The van der Waals surface area contributed by atoms with Crippen LogP contribution in [0.25, 0.3) is 0 Å². The second-order valence-electron chi connectivity index (χ2n) is 7.03. The van der Waals surface area contributed by atoms with Crippen molar-refractivity contribution < 1.29 is 22.8 Å². The van der Waals surface area contributed by atoms with Gasteiger partial charge in [0.25, 0.3) is 5.69 Å². The molecule has 1 saturated heterocycles. The Morgan fingerprint density at radius 3 is 2.55 bits per heavy atom. The fourth-order valence-electron chi connectivity index (χ4n) is 3.62. The number of benzene rings is 2. The monoisotopic (exact) mass is 409 g/mol. The molecule has 2 aromatic rings. The van der Waals surface area contributed by atoms with E-state index in [1.165, 1.54) is 4.90 Å². The summed E-state index contributed by atoms with van der Waals surface area (Å²) in [4.78, 5) is 12.2. The van der Waals surface area contributed by atoms with E-state index in [0.29, 0.717) is 25.1 Å². The Kier molecular flexibility index (Phi) is 6.26. The molecule has 0 saturated carbocycles. The molecular formula is C20H22F3N3O3. The molecule has 2 N–H and O–H groups in total. The van der Waals surface area contributed by atoms with Gasteiger partial charge in [-0.3, -0.25) is 10.1 Å². The lowest BCUT2D eigenvalue weighted by Gasteiger charge is -2.35. The van der Waals surface area contributed by atoms with Crippen molar-refractivity contribution in [3.63, 3.8) is 0 Å². The highest BCUT2D eigenvalue weighted by atomic mass is 19.4. The van der Waals surface area contributed by atoms with Crippen LogP contribution in [0.15, 0.2) is 42.5 Å². The van der Waals surface area contributed by atoms with Gasteiger partial charge in [0.2, 0.25) is 0 Å². The summed E-state index contributed by atoms with van der Waals surface area (Å²) in [5, 5.41) is 11.5. The van der Waals surface area contributed by atoms with Crippen LogP contribution in [0.2, 0.25) is 0 Å². The third-order valence-corrected chi connectivity index (χ3v) is 5.00. The zero-order valence-electron chi connectivity index (χ0n) is 15.7. The van der Waals surface area contributed by atoms with Crippen molar-refractivity contribution in [1.82, 2.24) is 0 Å². The average Bonchev–Trinajstić information content (AvgIpc) is 2.71. The van der Waals surface area contributed by atoms with Gasteiger partial charge < -0.3 is 15.4 Å². The average molecular weight is 409 g/mol. The van der Waals surface area contributed by atoms with E-state index >= 15 is 0 Å². The highest BCUT2D eigenvalue weighted by Crippen LogP contribution is 2.48. The molecule has 1 fully saturated rings.